The summed E-state index contributed by atoms with van der Waals surface area (Å²) < 4.78 is 5.62. The Bertz CT molecular complexity index is 293. The van der Waals surface area contributed by atoms with E-state index in [0.717, 1.165) is 18.6 Å². The lowest BCUT2D eigenvalue weighted by Gasteiger charge is -2.26. The molecule has 2 N–H and O–H groups in total. The summed E-state index contributed by atoms with van der Waals surface area (Å²) in [6.45, 7) is 0. The molecule has 0 aliphatic heterocycles. The fourth-order valence-corrected chi connectivity index (χ4v) is 1.40. The molecule has 1 saturated carbocycles. The normalized spacial score (nSPS) is 16.1. The van der Waals surface area contributed by atoms with E-state index in [1.807, 2.05) is 0 Å². The van der Waals surface area contributed by atoms with Gasteiger partial charge >= 0.3 is 7.12 Å². The summed E-state index contributed by atoms with van der Waals surface area (Å²) in [6, 6.07) is 6.87. The third-order valence-electron chi connectivity index (χ3n) is 2.53. The highest BCUT2D eigenvalue weighted by Gasteiger charge is 2.19. The molecule has 0 unspecified atom stereocenters. The van der Waals surface area contributed by atoms with Gasteiger partial charge in [0.15, 0.2) is 0 Å². The number of hydrogen-bond acceptors (Lipinski definition) is 3. The van der Waals surface area contributed by atoms with Crippen molar-refractivity contribution in [1.29, 1.82) is 0 Å². The van der Waals surface area contributed by atoms with Crippen LogP contribution in [0.2, 0.25) is 0 Å². The number of hydrogen-bond donors (Lipinski definition) is 2. The largest absolute Gasteiger partial charge is 0.490 e. The lowest BCUT2D eigenvalue weighted by Crippen LogP contribution is -2.29. The van der Waals surface area contributed by atoms with Crippen LogP contribution in [-0.4, -0.2) is 23.3 Å². The minimum Gasteiger partial charge on any atom is -0.490 e. The zero-order chi connectivity index (χ0) is 9.97. The van der Waals surface area contributed by atoms with E-state index in [0.29, 0.717) is 11.6 Å². The van der Waals surface area contributed by atoms with Crippen molar-refractivity contribution in [2.75, 3.05) is 0 Å². The molecule has 3 nitrogen and oxygen atoms in total. The van der Waals surface area contributed by atoms with Crippen LogP contribution in [0.25, 0.3) is 0 Å². The van der Waals surface area contributed by atoms with Gasteiger partial charge in [0.25, 0.3) is 0 Å². The van der Waals surface area contributed by atoms with Crippen molar-refractivity contribution in [3.05, 3.63) is 24.3 Å². The fraction of sp³-hybridized carbons (Fsp3) is 0.400. The molecular weight excluding hydrogens is 179 g/mol. The van der Waals surface area contributed by atoms with E-state index in [1.54, 1.807) is 24.3 Å². The van der Waals surface area contributed by atoms with Crippen molar-refractivity contribution in [3.63, 3.8) is 0 Å². The Morgan fingerprint density at radius 2 is 1.79 bits per heavy atom. The molecule has 0 saturated heterocycles. The van der Waals surface area contributed by atoms with E-state index in [2.05, 4.69) is 0 Å². The second-order valence-corrected chi connectivity index (χ2v) is 3.61. The predicted octanol–water partition coefficient (Wildman–Crippen LogP) is 0.298. The Kier molecular flexibility index (Phi) is 2.75. The van der Waals surface area contributed by atoms with Gasteiger partial charge in [0.2, 0.25) is 0 Å². The van der Waals surface area contributed by atoms with Gasteiger partial charge in [0, 0.05) is 0 Å². The average molecular weight is 192 g/mol. The van der Waals surface area contributed by atoms with Crippen LogP contribution in [0, 0.1) is 0 Å². The van der Waals surface area contributed by atoms with Gasteiger partial charge < -0.3 is 14.8 Å². The molecule has 2 rings (SSSR count). The van der Waals surface area contributed by atoms with Gasteiger partial charge in [-0.15, -0.1) is 0 Å². The highest BCUT2D eigenvalue weighted by Crippen LogP contribution is 2.24. The lowest BCUT2D eigenvalue weighted by molar-refractivity contribution is 0.120. The van der Waals surface area contributed by atoms with Gasteiger partial charge in [-0.2, -0.15) is 0 Å². The third kappa shape index (κ3) is 2.08. The van der Waals surface area contributed by atoms with E-state index in [9.17, 15) is 0 Å². The Labute approximate surface area is 83.5 Å². The Morgan fingerprint density at radius 1 is 1.14 bits per heavy atom. The summed E-state index contributed by atoms with van der Waals surface area (Å²) in [4.78, 5) is 0. The molecule has 4 heteroatoms. The molecule has 1 aromatic carbocycles. The minimum absolute atomic E-state index is 0.361. The molecular formula is C10H13BO3. The van der Waals surface area contributed by atoms with Crippen LogP contribution in [0.3, 0.4) is 0 Å². The first-order valence-electron chi connectivity index (χ1n) is 4.88. The first-order valence-corrected chi connectivity index (χ1v) is 4.88. The molecule has 1 fully saturated rings. The zero-order valence-corrected chi connectivity index (χ0v) is 7.89. The van der Waals surface area contributed by atoms with Crippen LogP contribution in [-0.2, 0) is 0 Å². The SMILES string of the molecule is OB(O)c1ccc(OC2CCC2)cc1. The Hall–Kier alpha value is -0.995. The molecule has 0 aromatic heterocycles. The van der Waals surface area contributed by atoms with Crippen molar-refractivity contribution in [2.24, 2.45) is 0 Å². The Morgan fingerprint density at radius 3 is 2.21 bits per heavy atom. The smallest absolute Gasteiger partial charge is 0.488 e. The fourth-order valence-electron chi connectivity index (χ4n) is 1.40. The molecule has 14 heavy (non-hydrogen) atoms. The van der Waals surface area contributed by atoms with E-state index < -0.39 is 7.12 Å². The second kappa shape index (κ2) is 4.03. The number of ether oxygens (including phenoxy) is 1. The van der Waals surface area contributed by atoms with E-state index in [-0.39, 0.29) is 0 Å². The third-order valence-corrected chi connectivity index (χ3v) is 2.53. The predicted molar refractivity (Wildman–Crippen MR) is 54.5 cm³/mol. The quantitative estimate of drug-likeness (QED) is 0.677. The molecule has 0 radical (unpaired) electrons. The first-order chi connectivity index (χ1) is 6.75. The maximum Gasteiger partial charge on any atom is 0.488 e. The van der Waals surface area contributed by atoms with Crippen LogP contribution in [0.15, 0.2) is 24.3 Å². The van der Waals surface area contributed by atoms with Gasteiger partial charge in [-0.25, -0.2) is 0 Å². The van der Waals surface area contributed by atoms with Gasteiger partial charge in [-0.3, -0.25) is 0 Å². The van der Waals surface area contributed by atoms with Crippen molar-refractivity contribution >= 4 is 12.6 Å². The van der Waals surface area contributed by atoms with Crippen LogP contribution in [0.5, 0.6) is 5.75 Å². The maximum atomic E-state index is 8.87. The van der Waals surface area contributed by atoms with E-state index in [1.165, 1.54) is 6.42 Å². The van der Waals surface area contributed by atoms with E-state index >= 15 is 0 Å². The standard InChI is InChI=1S/C10H13BO3/c12-11(13)8-4-6-10(7-5-8)14-9-2-1-3-9/h4-7,9,12-13H,1-3H2. The number of benzene rings is 1. The lowest BCUT2D eigenvalue weighted by atomic mass is 9.80. The molecule has 0 spiro atoms. The number of rotatable bonds is 3. The molecule has 74 valence electrons. The van der Waals surface area contributed by atoms with E-state index in [4.69, 9.17) is 14.8 Å². The van der Waals surface area contributed by atoms with Crippen LogP contribution < -0.4 is 10.2 Å². The molecule has 1 aromatic rings. The molecule has 0 heterocycles. The zero-order valence-electron chi connectivity index (χ0n) is 7.89. The van der Waals surface area contributed by atoms with Gasteiger partial charge in [-0.05, 0) is 36.9 Å². The van der Waals surface area contributed by atoms with Gasteiger partial charge in [0.1, 0.15) is 5.75 Å². The van der Waals surface area contributed by atoms with Crippen LogP contribution >= 0.6 is 0 Å². The summed E-state index contributed by atoms with van der Waals surface area (Å²) in [5.41, 5.74) is 0.492. The summed E-state index contributed by atoms with van der Waals surface area (Å²) in [5.74, 6) is 0.805. The first kappa shape index (κ1) is 9.56. The maximum absolute atomic E-state index is 8.87. The minimum atomic E-state index is -1.40. The van der Waals surface area contributed by atoms with Crippen molar-refractivity contribution in [3.8, 4) is 5.75 Å². The molecule has 1 aliphatic rings. The molecule has 0 bridgehead atoms. The van der Waals surface area contributed by atoms with Crippen molar-refractivity contribution in [1.82, 2.24) is 0 Å². The summed E-state index contributed by atoms with van der Waals surface area (Å²) in [6.07, 6.45) is 3.87. The molecule has 0 amide bonds. The summed E-state index contributed by atoms with van der Waals surface area (Å²) in [5, 5.41) is 17.7. The highest BCUT2D eigenvalue weighted by atomic mass is 16.5. The average Bonchev–Trinajstić information content (AvgIpc) is 2.12. The monoisotopic (exact) mass is 192 g/mol. The highest BCUT2D eigenvalue weighted by molar-refractivity contribution is 6.58. The Balaban J connectivity index is 1.98. The summed E-state index contributed by atoms with van der Waals surface area (Å²) in [7, 11) is -1.40. The summed E-state index contributed by atoms with van der Waals surface area (Å²) >= 11 is 0. The molecule has 0 atom stereocenters. The van der Waals surface area contributed by atoms with Gasteiger partial charge in [-0.1, -0.05) is 12.1 Å². The molecule has 1 aliphatic carbocycles. The van der Waals surface area contributed by atoms with Gasteiger partial charge in [0.05, 0.1) is 6.10 Å². The van der Waals surface area contributed by atoms with Crippen molar-refractivity contribution in [2.45, 2.75) is 25.4 Å². The van der Waals surface area contributed by atoms with Crippen LogP contribution in [0.4, 0.5) is 0 Å². The van der Waals surface area contributed by atoms with Crippen LogP contribution in [0.1, 0.15) is 19.3 Å². The second-order valence-electron chi connectivity index (χ2n) is 3.61. The van der Waals surface area contributed by atoms with Crippen molar-refractivity contribution < 1.29 is 14.8 Å². The topological polar surface area (TPSA) is 49.7 Å².